The van der Waals surface area contributed by atoms with Crippen molar-refractivity contribution in [2.24, 2.45) is 11.7 Å². The Labute approximate surface area is 219 Å². The normalized spacial score (nSPS) is 14.4. The quantitative estimate of drug-likeness (QED) is 0.155. The molecular weight excluding hydrogens is 502 g/mol. The number of rotatable bonds is 14. The van der Waals surface area contributed by atoms with Crippen LogP contribution in [0.5, 0.6) is 0 Å². The molecule has 2 aromatic rings. The van der Waals surface area contributed by atoms with E-state index >= 15 is 0 Å². The third kappa shape index (κ3) is 8.50. The van der Waals surface area contributed by atoms with Crippen LogP contribution in [0.4, 0.5) is 0 Å². The molecule has 202 valence electrons. The third-order valence-corrected chi connectivity index (χ3v) is 6.15. The zero-order valence-corrected chi connectivity index (χ0v) is 21.5. The molecule has 0 saturated heterocycles. The maximum atomic E-state index is 13.2. The second-order valence-electron chi connectivity index (χ2n) is 8.98. The summed E-state index contributed by atoms with van der Waals surface area (Å²) in [6, 6.07) is 2.71. The van der Waals surface area contributed by atoms with Gasteiger partial charge in [-0.05, 0) is 24.0 Å². The van der Waals surface area contributed by atoms with Crippen molar-refractivity contribution in [2.75, 3.05) is 5.75 Å². The van der Waals surface area contributed by atoms with Crippen LogP contribution in [0.3, 0.4) is 0 Å². The van der Waals surface area contributed by atoms with Crippen molar-refractivity contribution in [2.45, 2.75) is 57.3 Å². The fourth-order valence-corrected chi connectivity index (χ4v) is 3.90. The van der Waals surface area contributed by atoms with E-state index < -0.39 is 59.7 Å². The molecule has 1 aromatic carbocycles. The van der Waals surface area contributed by atoms with Gasteiger partial charge in [0.05, 0.1) is 6.04 Å². The number of carbonyl (C=O) groups excluding carboxylic acids is 3. The zero-order valence-electron chi connectivity index (χ0n) is 20.6. The molecule has 3 amide bonds. The number of carboxylic acids is 2. The van der Waals surface area contributed by atoms with Gasteiger partial charge in [0, 0.05) is 35.7 Å². The standard InChI is InChI=1S/C24H33N5O7S/c1-12(2)20(29-21(32)15(25)7-8-19(30)31)23(34)27-17(22(33)28-18(11-37)24(35)36)9-13-10-26-16-6-4-3-5-14(13)16/h3-6,10,12,15,17-18,20,26,37H,7-9,11,25H2,1-2H3,(H,27,34)(H,28,33)(H,29,32)(H,30,31)(H,35,36). The lowest BCUT2D eigenvalue weighted by atomic mass is 10.00. The number of nitrogens with one attached hydrogen (secondary N) is 4. The first-order valence-corrected chi connectivity index (χ1v) is 12.3. The number of amides is 3. The van der Waals surface area contributed by atoms with Crippen LogP contribution in [0.15, 0.2) is 30.5 Å². The lowest BCUT2D eigenvalue weighted by molar-refractivity contribution is -0.141. The van der Waals surface area contributed by atoms with E-state index in [2.05, 4.69) is 33.6 Å². The first-order chi connectivity index (χ1) is 17.4. The van der Waals surface area contributed by atoms with Gasteiger partial charge in [0.1, 0.15) is 18.1 Å². The van der Waals surface area contributed by atoms with Gasteiger partial charge in [-0.3, -0.25) is 19.2 Å². The Morgan fingerprint density at radius 3 is 2.22 bits per heavy atom. The largest absolute Gasteiger partial charge is 0.481 e. The van der Waals surface area contributed by atoms with E-state index in [1.54, 1.807) is 20.0 Å². The molecule has 0 aliphatic carbocycles. The molecule has 2 rings (SSSR count). The molecule has 0 aliphatic rings. The first kappa shape index (κ1) is 29.6. The first-order valence-electron chi connectivity index (χ1n) is 11.7. The van der Waals surface area contributed by atoms with Gasteiger partial charge >= 0.3 is 11.9 Å². The smallest absolute Gasteiger partial charge is 0.327 e. The van der Waals surface area contributed by atoms with Gasteiger partial charge in [-0.1, -0.05) is 32.0 Å². The summed E-state index contributed by atoms with van der Waals surface area (Å²) in [6.45, 7) is 3.37. The van der Waals surface area contributed by atoms with Crippen molar-refractivity contribution in [3.05, 3.63) is 36.0 Å². The average molecular weight is 536 g/mol. The Kier molecular flexibility index (Phi) is 10.9. The summed E-state index contributed by atoms with van der Waals surface area (Å²) in [5.74, 6) is -5.05. The fraction of sp³-hybridized carbons (Fsp3) is 0.458. The highest BCUT2D eigenvalue weighted by Gasteiger charge is 2.32. The lowest BCUT2D eigenvalue weighted by Crippen LogP contribution is -2.59. The number of aromatic nitrogens is 1. The van der Waals surface area contributed by atoms with Crippen LogP contribution in [-0.2, 0) is 30.4 Å². The molecule has 0 radical (unpaired) electrons. The summed E-state index contributed by atoms with van der Waals surface area (Å²) in [5, 5.41) is 26.5. The molecule has 12 nitrogen and oxygen atoms in total. The fourth-order valence-electron chi connectivity index (χ4n) is 3.65. The van der Waals surface area contributed by atoms with Crippen LogP contribution in [0.25, 0.3) is 10.9 Å². The number of aliphatic carboxylic acids is 2. The number of benzene rings is 1. The Balaban J connectivity index is 2.25. The van der Waals surface area contributed by atoms with Crippen LogP contribution in [0.2, 0.25) is 0 Å². The van der Waals surface area contributed by atoms with Crippen molar-refractivity contribution < 1.29 is 34.2 Å². The van der Waals surface area contributed by atoms with Crippen LogP contribution >= 0.6 is 12.6 Å². The average Bonchev–Trinajstić information content (AvgIpc) is 3.25. The SMILES string of the molecule is CC(C)C(NC(=O)C(N)CCC(=O)O)C(=O)NC(Cc1c[nH]c2ccccc12)C(=O)NC(CS)C(=O)O. The van der Waals surface area contributed by atoms with Crippen LogP contribution < -0.4 is 21.7 Å². The molecule has 1 heterocycles. The monoisotopic (exact) mass is 535 g/mol. The van der Waals surface area contributed by atoms with E-state index in [1.807, 2.05) is 24.3 Å². The number of thiol groups is 1. The molecule has 0 aliphatic heterocycles. The van der Waals surface area contributed by atoms with Gasteiger partial charge in [-0.2, -0.15) is 12.6 Å². The number of hydrogen-bond acceptors (Lipinski definition) is 7. The predicted molar refractivity (Wildman–Crippen MR) is 139 cm³/mol. The van der Waals surface area contributed by atoms with E-state index in [1.165, 1.54) is 0 Å². The van der Waals surface area contributed by atoms with Crippen LogP contribution in [0.1, 0.15) is 32.3 Å². The molecule has 0 spiro atoms. The Bertz CT molecular complexity index is 1140. The Morgan fingerprint density at radius 1 is 0.973 bits per heavy atom. The number of carboxylic acid groups (broad SMARTS) is 2. The van der Waals surface area contributed by atoms with E-state index in [0.717, 1.165) is 16.5 Å². The van der Waals surface area contributed by atoms with E-state index in [4.69, 9.17) is 10.8 Å². The summed E-state index contributed by atoms with van der Waals surface area (Å²) in [4.78, 5) is 64.1. The molecule has 4 atom stereocenters. The molecule has 1 aromatic heterocycles. The van der Waals surface area contributed by atoms with Crippen LogP contribution in [0, 0.1) is 5.92 Å². The second-order valence-corrected chi connectivity index (χ2v) is 9.34. The molecule has 0 saturated carbocycles. The molecule has 37 heavy (non-hydrogen) atoms. The van der Waals surface area contributed by atoms with E-state index in [-0.39, 0.29) is 25.0 Å². The molecular formula is C24H33N5O7S. The molecule has 4 unspecified atom stereocenters. The number of hydrogen-bond donors (Lipinski definition) is 8. The summed E-state index contributed by atoms with van der Waals surface area (Å²) >= 11 is 3.97. The second kappa shape index (κ2) is 13.7. The van der Waals surface area contributed by atoms with Crippen molar-refractivity contribution in [3.8, 4) is 0 Å². The van der Waals surface area contributed by atoms with Crippen molar-refractivity contribution in [3.63, 3.8) is 0 Å². The summed E-state index contributed by atoms with van der Waals surface area (Å²) < 4.78 is 0. The highest BCUT2D eigenvalue weighted by Crippen LogP contribution is 2.19. The van der Waals surface area contributed by atoms with Crippen molar-refractivity contribution in [1.29, 1.82) is 0 Å². The highest BCUT2D eigenvalue weighted by atomic mass is 32.1. The lowest BCUT2D eigenvalue weighted by Gasteiger charge is -2.27. The third-order valence-electron chi connectivity index (χ3n) is 5.78. The summed E-state index contributed by atoms with van der Waals surface area (Å²) in [7, 11) is 0. The number of nitrogens with two attached hydrogens (primary N) is 1. The highest BCUT2D eigenvalue weighted by molar-refractivity contribution is 7.80. The Hall–Kier alpha value is -3.58. The summed E-state index contributed by atoms with van der Waals surface area (Å²) in [6.07, 6.45) is 1.32. The number of fused-ring (bicyclic) bond motifs is 1. The van der Waals surface area contributed by atoms with Gasteiger partial charge in [0.15, 0.2) is 0 Å². The maximum absolute atomic E-state index is 13.2. The molecule has 8 N–H and O–H groups in total. The topological polar surface area (TPSA) is 204 Å². The molecule has 13 heteroatoms. The molecule has 0 fully saturated rings. The van der Waals surface area contributed by atoms with Gasteiger partial charge in [-0.25, -0.2) is 4.79 Å². The van der Waals surface area contributed by atoms with E-state index in [9.17, 15) is 29.1 Å². The minimum atomic E-state index is -1.27. The molecule has 0 bridgehead atoms. The summed E-state index contributed by atoms with van der Waals surface area (Å²) in [5.41, 5.74) is 7.31. The number of aromatic amines is 1. The maximum Gasteiger partial charge on any atom is 0.327 e. The van der Waals surface area contributed by atoms with E-state index in [0.29, 0.717) is 0 Å². The van der Waals surface area contributed by atoms with Crippen molar-refractivity contribution in [1.82, 2.24) is 20.9 Å². The van der Waals surface area contributed by atoms with Gasteiger partial charge in [-0.15, -0.1) is 0 Å². The van der Waals surface area contributed by atoms with Gasteiger partial charge < -0.3 is 36.9 Å². The predicted octanol–water partition coefficient (Wildman–Crippen LogP) is 0.0273. The van der Waals surface area contributed by atoms with Crippen molar-refractivity contribution >= 4 is 53.2 Å². The number of para-hydroxylation sites is 1. The number of carbonyl (C=O) groups is 5. The number of H-pyrrole nitrogens is 1. The van der Waals surface area contributed by atoms with Gasteiger partial charge in [0.25, 0.3) is 0 Å². The van der Waals surface area contributed by atoms with Gasteiger partial charge in [0.2, 0.25) is 17.7 Å². The zero-order chi connectivity index (χ0) is 27.7. The Morgan fingerprint density at radius 2 is 1.62 bits per heavy atom. The minimum Gasteiger partial charge on any atom is -0.481 e. The minimum absolute atomic E-state index is 0.0391. The van der Waals surface area contributed by atoms with Crippen LogP contribution in [-0.4, -0.2) is 74.8 Å².